The minimum Gasteiger partial charge on any atom is -0.299 e. The smallest absolute Gasteiger partial charge is 0.243 e. The van der Waals surface area contributed by atoms with E-state index in [-0.39, 0.29) is 0 Å². The lowest BCUT2D eigenvalue weighted by molar-refractivity contribution is 0.245. The van der Waals surface area contributed by atoms with Crippen LogP contribution in [0.3, 0.4) is 0 Å². The molecule has 0 aromatic heterocycles. The van der Waals surface area contributed by atoms with Gasteiger partial charge in [-0.3, -0.25) is 4.90 Å². The molecule has 0 amide bonds. The summed E-state index contributed by atoms with van der Waals surface area (Å²) >= 11 is 3.41. The Kier molecular flexibility index (Phi) is 8.25. The largest absolute Gasteiger partial charge is 0.299 e. The van der Waals surface area contributed by atoms with E-state index in [1.54, 1.807) is 28.6 Å². The van der Waals surface area contributed by atoms with Crippen molar-refractivity contribution >= 4 is 26.0 Å². The number of hydrogen-bond donors (Lipinski definition) is 0. The maximum atomic E-state index is 13.6. The van der Waals surface area contributed by atoms with Crippen LogP contribution in [0, 0.1) is 13.8 Å². The van der Waals surface area contributed by atoms with Crippen LogP contribution in [0.4, 0.5) is 0 Å². The number of rotatable bonds is 9. The molecule has 1 aliphatic heterocycles. The van der Waals surface area contributed by atoms with E-state index >= 15 is 0 Å². The van der Waals surface area contributed by atoms with E-state index in [4.69, 9.17) is 0 Å². The Balaban J connectivity index is 1.43. The first-order chi connectivity index (χ1) is 16.3. The molecule has 6 heteroatoms. The van der Waals surface area contributed by atoms with Gasteiger partial charge < -0.3 is 0 Å². The van der Waals surface area contributed by atoms with Crippen molar-refractivity contribution in [3.63, 3.8) is 0 Å². The molecular formula is C28H33BrN2O2S. The highest BCUT2D eigenvalue weighted by molar-refractivity contribution is 9.10. The quantitative estimate of drug-likeness (QED) is 0.308. The third kappa shape index (κ3) is 6.36. The molecule has 4 rings (SSSR count). The van der Waals surface area contributed by atoms with Crippen molar-refractivity contribution in [2.24, 2.45) is 0 Å². The number of nitrogens with zero attached hydrogens (tertiary/aromatic N) is 2. The van der Waals surface area contributed by atoms with Gasteiger partial charge in [-0.25, -0.2) is 8.42 Å². The highest BCUT2D eigenvalue weighted by atomic mass is 79.9. The molecule has 1 heterocycles. The van der Waals surface area contributed by atoms with Crippen LogP contribution in [0.15, 0.2) is 76.1 Å². The van der Waals surface area contributed by atoms with E-state index in [1.807, 2.05) is 0 Å². The summed E-state index contributed by atoms with van der Waals surface area (Å²) in [5, 5.41) is 0. The van der Waals surface area contributed by atoms with Gasteiger partial charge in [-0.1, -0.05) is 69.5 Å². The number of fused-ring (bicyclic) bond motifs is 1. The standard InChI is InChI=1S/C28H33BrN2O2S/c1-22-17-23(2)19-24(18-22)20-31(34(32,33)28-11-9-27(29)10-12-28)15-6-5-14-30-16-13-25-7-3-4-8-26(25)21-30/h3-4,7-12,17-19H,5-6,13-16,20-21H2,1-2H3. The maximum absolute atomic E-state index is 13.6. The lowest BCUT2D eigenvalue weighted by Gasteiger charge is -2.29. The zero-order chi connectivity index (χ0) is 24.1. The molecule has 0 unspecified atom stereocenters. The number of aryl methyl sites for hydroxylation is 2. The number of benzene rings is 3. The van der Waals surface area contributed by atoms with E-state index in [0.29, 0.717) is 18.0 Å². The second-order valence-electron chi connectivity index (χ2n) is 9.29. The third-order valence-corrected chi connectivity index (χ3v) is 8.82. The number of hydrogen-bond acceptors (Lipinski definition) is 3. The SMILES string of the molecule is Cc1cc(C)cc(CN(CCCCN2CCc3ccccc3C2)S(=O)(=O)c2ccc(Br)cc2)c1. The molecule has 34 heavy (non-hydrogen) atoms. The normalized spacial score (nSPS) is 14.4. The maximum Gasteiger partial charge on any atom is 0.243 e. The molecule has 0 bridgehead atoms. The topological polar surface area (TPSA) is 40.6 Å². The van der Waals surface area contributed by atoms with Gasteiger partial charge >= 0.3 is 0 Å². The lowest BCUT2D eigenvalue weighted by atomic mass is 10.00. The van der Waals surface area contributed by atoms with Gasteiger partial charge in [0.15, 0.2) is 0 Å². The van der Waals surface area contributed by atoms with E-state index in [0.717, 1.165) is 60.1 Å². The predicted molar refractivity (Wildman–Crippen MR) is 142 cm³/mol. The average Bonchev–Trinajstić information content (AvgIpc) is 2.80. The summed E-state index contributed by atoms with van der Waals surface area (Å²) in [5.74, 6) is 0. The van der Waals surface area contributed by atoms with Gasteiger partial charge in [0, 0.05) is 30.7 Å². The molecule has 1 aliphatic rings. The van der Waals surface area contributed by atoms with Gasteiger partial charge in [-0.05, 0) is 80.6 Å². The molecular weight excluding hydrogens is 508 g/mol. The van der Waals surface area contributed by atoms with Crippen LogP contribution in [0.5, 0.6) is 0 Å². The molecule has 0 fully saturated rings. The van der Waals surface area contributed by atoms with Gasteiger partial charge in [0.05, 0.1) is 4.90 Å². The fraction of sp³-hybridized carbons (Fsp3) is 0.357. The lowest BCUT2D eigenvalue weighted by Crippen LogP contribution is -2.33. The molecule has 0 spiro atoms. The van der Waals surface area contributed by atoms with Crippen LogP contribution in [-0.2, 0) is 29.5 Å². The molecule has 4 nitrogen and oxygen atoms in total. The van der Waals surface area contributed by atoms with Gasteiger partial charge in [0.25, 0.3) is 0 Å². The number of halogens is 1. The molecule has 3 aromatic carbocycles. The number of sulfonamides is 1. The summed E-state index contributed by atoms with van der Waals surface area (Å²) in [6, 6.07) is 21.9. The van der Waals surface area contributed by atoms with Gasteiger partial charge in [-0.15, -0.1) is 0 Å². The monoisotopic (exact) mass is 540 g/mol. The van der Waals surface area contributed by atoms with Crippen LogP contribution in [-0.4, -0.2) is 37.3 Å². The van der Waals surface area contributed by atoms with E-state index in [2.05, 4.69) is 77.1 Å². The first-order valence-corrected chi connectivity index (χ1v) is 14.2. The molecule has 0 saturated heterocycles. The van der Waals surface area contributed by atoms with Crippen LogP contribution < -0.4 is 0 Å². The van der Waals surface area contributed by atoms with E-state index in [9.17, 15) is 8.42 Å². The summed E-state index contributed by atoms with van der Waals surface area (Å²) in [7, 11) is -3.59. The summed E-state index contributed by atoms with van der Waals surface area (Å²) < 4.78 is 29.6. The summed E-state index contributed by atoms with van der Waals surface area (Å²) in [6.07, 6.45) is 2.90. The highest BCUT2D eigenvalue weighted by Gasteiger charge is 2.25. The van der Waals surface area contributed by atoms with E-state index in [1.165, 1.54) is 11.1 Å². The Labute approximate surface area is 212 Å². The predicted octanol–water partition coefficient (Wildman–Crippen LogP) is 6.10. The molecule has 180 valence electrons. The van der Waals surface area contributed by atoms with Crippen molar-refractivity contribution < 1.29 is 8.42 Å². The van der Waals surface area contributed by atoms with Crippen LogP contribution in [0.2, 0.25) is 0 Å². The molecule has 0 N–H and O–H groups in total. The van der Waals surface area contributed by atoms with Crippen LogP contribution in [0.25, 0.3) is 0 Å². The van der Waals surface area contributed by atoms with Crippen molar-refractivity contribution in [3.8, 4) is 0 Å². The van der Waals surface area contributed by atoms with Crippen molar-refractivity contribution in [1.29, 1.82) is 0 Å². The first kappa shape index (κ1) is 25.1. The Hall–Kier alpha value is -1.99. The average molecular weight is 542 g/mol. The minimum atomic E-state index is -3.59. The molecule has 0 atom stereocenters. The second-order valence-corrected chi connectivity index (χ2v) is 12.1. The Bertz CT molecular complexity index is 1210. The van der Waals surface area contributed by atoms with Crippen molar-refractivity contribution in [2.75, 3.05) is 19.6 Å². The molecule has 3 aromatic rings. The van der Waals surface area contributed by atoms with Crippen molar-refractivity contribution in [2.45, 2.75) is 51.1 Å². The van der Waals surface area contributed by atoms with Crippen molar-refractivity contribution in [3.05, 3.63) is 99.0 Å². The Morgan fingerprint density at radius 1 is 0.912 bits per heavy atom. The highest BCUT2D eigenvalue weighted by Crippen LogP contribution is 2.23. The Morgan fingerprint density at radius 2 is 1.59 bits per heavy atom. The van der Waals surface area contributed by atoms with E-state index < -0.39 is 10.0 Å². The zero-order valence-electron chi connectivity index (χ0n) is 20.0. The second kappa shape index (κ2) is 11.2. The number of unbranched alkanes of at least 4 members (excludes halogenated alkanes) is 1. The Morgan fingerprint density at radius 3 is 2.29 bits per heavy atom. The molecule has 0 saturated carbocycles. The van der Waals surface area contributed by atoms with Gasteiger partial charge in [0.1, 0.15) is 0 Å². The first-order valence-electron chi connectivity index (χ1n) is 11.9. The fourth-order valence-electron chi connectivity index (χ4n) is 4.77. The molecule has 0 aliphatic carbocycles. The minimum absolute atomic E-state index is 0.340. The zero-order valence-corrected chi connectivity index (χ0v) is 22.4. The fourth-order valence-corrected chi connectivity index (χ4v) is 6.50. The van der Waals surface area contributed by atoms with Crippen LogP contribution in [0.1, 0.15) is 40.7 Å². The summed E-state index contributed by atoms with van der Waals surface area (Å²) in [6.45, 7) is 8.06. The van der Waals surface area contributed by atoms with Crippen molar-refractivity contribution in [1.82, 2.24) is 9.21 Å². The summed E-state index contributed by atoms with van der Waals surface area (Å²) in [4.78, 5) is 2.83. The summed E-state index contributed by atoms with van der Waals surface area (Å²) in [5.41, 5.74) is 6.22. The van der Waals surface area contributed by atoms with Gasteiger partial charge in [-0.2, -0.15) is 4.31 Å². The van der Waals surface area contributed by atoms with Crippen LogP contribution >= 0.6 is 15.9 Å². The third-order valence-electron chi connectivity index (χ3n) is 6.43. The molecule has 0 radical (unpaired) electrons. The van der Waals surface area contributed by atoms with Gasteiger partial charge in [0.2, 0.25) is 10.0 Å².